The van der Waals surface area contributed by atoms with E-state index in [4.69, 9.17) is 14.4 Å². The second kappa shape index (κ2) is 28.0. The molecule has 0 aromatic heterocycles. The topological polar surface area (TPSA) is 93.1 Å². The molecule has 6 nitrogen and oxygen atoms in total. The SMILES string of the molecule is CCCCCCCCCCC(C)O.CCOCCCCCCCCCCCCOS(=O)(=O)O. The van der Waals surface area contributed by atoms with Gasteiger partial charge in [-0.2, -0.15) is 8.42 Å². The quantitative estimate of drug-likeness (QED) is 0.105. The lowest BCUT2D eigenvalue weighted by Crippen LogP contribution is -2.04. The van der Waals surface area contributed by atoms with Crippen molar-refractivity contribution in [1.82, 2.24) is 0 Å². The Morgan fingerprint density at radius 3 is 1.42 bits per heavy atom. The van der Waals surface area contributed by atoms with E-state index in [0.717, 1.165) is 32.5 Å². The number of hydrogen-bond donors (Lipinski definition) is 2. The summed E-state index contributed by atoms with van der Waals surface area (Å²) in [5, 5.41) is 9.03. The first kappa shape index (κ1) is 35.0. The minimum atomic E-state index is -4.25. The first-order valence-corrected chi connectivity index (χ1v) is 15.1. The predicted molar refractivity (Wildman–Crippen MR) is 139 cm³/mol. The van der Waals surface area contributed by atoms with Crippen molar-refractivity contribution in [3.05, 3.63) is 0 Å². The smallest absolute Gasteiger partial charge is 0.393 e. The lowest BCUT2D eigenvalue weighted by molar-refractivity contribution is 0.143. The van der Waals surface area contributed by atoms with E-state index in [-0.39, 0.29) is 12.7 Å². The Bertz CT molecular complexity index is 454. The number of aliphatic hydroxyl groups is 1. The average molecular weight is 497 g/mol. The van der Waals surface area contributed by atoms with Gasteiger partial charge in [-0.25, -0.2) is 4.18 Å². The van der Waals surface area contributed by atoms with Gasteiger partial charge in [0, 0.05) is 13.2 Å². The monoisotopic (exact) mass is 496 g/mol. The highest BCUT2D eigenvalue weighted by atomic mass is 32.3. The molecule has 0 aliphatic heterocycles. The Hall–Kier alpha value is -0.210. The van der Waals surface area contributed by atoms with E-state index >= 15 is 0 Å². The largest absolute Gasteiger partial charge is 0.397 e. The van der Waals surface area contributed by atoms with E-state index < -0.39 is 10.4 Å². The van der Waals surface area contributed by atoms with Crippen molar-refractivity contribution in [2.45, 2.75) is 149 Å². The molecular weight excluding hydrogens is 440 g/mol. The van der Waals surface area contributed by atoms with Crippen LogP contribution in [0.4, 0.5) is 0 Å². The molecule has 7 heteroatoms. The second-order valence-corrected chi connectivity index (χ2v) is 10.2. The fourth-order valence-electron chi connectivity index (χ4n) is 3.60. The highest BCUT2D eigenvalue weighted by Gasteiger charge is 2.02. The van der Waals surface area contributed by atoms with Crippen LogP contribution in [0, 0.1) is 0 Å². The van der Waals surface area contributed by atoms with Crippen molar-refractivity contribution in [2.24, 2.45) is 0 Å². The van der Waals surface area contributed by atoms with Gasteiger partial charge in [0.2, 0.25) is 0 Å². The number of unbranched alkanes of at least 4 members (excludes halogenated alkanes) is 16. The van der Waals surface area contributed by atoms with Crippen LogP contribution >= 0.6 is 0 Å². The van der Waals surface area contributed by atoms with Crippen LogP contribution in [-0.2, 0) is 19.3 Å². The molecule has 1 atom stereocenters. The summed E-state index contributed by atoms with van der Waals surface area (Å²) in [5.74, 6) is 0. The molecule has 0 bridgehead atoms. The van der Waals surface area contributed by atoms with E-state index in [1.807, 2.05) is 13.8 Å². The Labute approximate surface area is 206 Å². The van der Waals surface area contributed by atoms with E-state index in [0.29, 0.717) is 6.42 Å². The third kappa shape index (κ3) is 39.3. The standard InChI is InChI=1S/C14H30O5S.C12H26O/c1-2-18-13-11-9-7-5-3-4-6-8-10-12-14-19-20(15,16)17;1-3-4-5-6-7-8-9-10-11-12(2)13/h2-14H2,1H3,(H,15,16,17);12-13H,3-11H2,1-2H3. The van der Waals surface area contributed by atoms with Gasteiger partial charge in [-0.05, 0) is 33.1 Å². The fraction of sp³-hybridized carbons (Fsp3) is 1.00. The second-order valence-electron chi connectivity index (χ2n) is 9.09. The van der Waals surface area contributed by atoms with Crippen molar-refractivity contribution in [3.63, 3.8) is 0 Å². The van der Waals surface area contributed by atoms with Crippen LogP contribution in [0.2, 0.25) is 0 Å². The number of hydrogen-bond acceptors (Lipinski definition) is 5. The van der Waals surface area contributed by atoms with Crippen LogP contribution in [0.3, 0.4) is 0 Å². The Balaban J connectivity index is 0. The number of rotatable bonds is 24. The van der Waals surface area contributed by atoms with Gasteiger partial charge < -0.3 is 9.84 Å². The minimum absolute atomic E-state index is 0.0820. The maximum atomic E-state index is 10.3. The molecule has 0 aromatic carbocycles. The summed E-state index contributed by atoms with van der Waals surface area (Å²) in [4.78, 5) is 0. The normalized spacial score (nSPS) is 12.4. The van der Waals surface area contributed by atoms with E-state index in [1.165, 1.54) is 96.3 Å². The van der Waals surface area contributed by atoms with E-state index in [1.54, 1.807) is 0 Å². The van der Waals surface area contributed by atoms with Crippen molar-refractivity contribution < 1.29 is 27.0 Å². The van der Waals surface area contributed by atoms with Crippen molar-refractivity contribution in [2.75, 3.05) is 19.8 Å². The molecule has 0 fully saturated rings. The molecule has 0 radical (unpaired) electrons. The summed E-state index contributed by atoms with van der Waals surface area (Å²) < 4.78 is 38.4. The third-order valence-corrected chi connectivity index (χ3v) is 6.06. The highest BCUT2D eigenvalue weighted by molar-refractivity contribution is 7.80. The number of aliphatic hydroxyl groups excluding tert-OH is 1. The maximum absolute atomic E-state index is 10.3. The molecule has 2 N–H and O–H groups in total. The zero-order chi connectivity index (χ0) is 25.0. The Kier molecular flexibility index (Phi) is 29.7. The van der Waals surface area contributed by atoms with Gasteiger partial charge in [0.15, 0.2) is 0 Å². The molecule has 0 aromatic rings. The summed E-state index contributed by atoms with van der Waals surface area (Å²) >= 11 is 0. The molecule has 0 heterocycles. The molecule has 0 aliphatic rings. The molecule has 0 spiro atoms. The van der Waals surface area contributed by atoms with Gasteiger partial charge in [0.05, 0.1) is 12.7 Å². The van der Waals surface area contributed by atoms with E-state index in [9.17, 15) is 8.42 Å². The summed E-state index contributed by atoms with van der Waals surface area (Å²) in [6.45, 7) is 7.94. The Morgan fingerprint density at radius 2 is 1.03 bits per heavy atom. The van der Waals surface area contributed by atoms with Crippen LogP contribution in [0.1, 0.15) is 143 Å². The van der Waals surface area contributed by atoms with E-state index in [2.05, 4.69) is 11.1 Å². The summed E-state index contributed by atoms with van der Waals surface area (Å²) in [6.07, 6.45) is 23.1. The van der Waals surface area contributed by atoms with Gasteiger partial charge in [0.25, 0.3) is 0 Å². The van der Waals surface area contributed by atoms with Gasteiger partial charge in [0.1, 0.15) is 0 Å². The summed E-state index contributed by atoms with van der Waals surface area (Å²) in [5.41, 5.74) is 0. The summed E-state index contributed by atoms with van der Waals surface area (Å²) in [7, 11) is -4.25. The fourth-order valence-corrected chi connectivity index (χ4v) is 3.93. The minimum Gasteiger partial charge on any atom is -0.393 e. The van der Waals surface area contributed by atoms with Gasteiger partial charge in [-0.15, -0.1) is 0 Å². The first-order chi connectivity index (χ1) is 15.8. The van der Waals surface area contributed by atoms with Crippen LogP contribution < -0.4 is 0 Å². The molecule has 1 unspecified atom stereocenters. The molecule has 33 heavy (non-hydrogen) atoms. The molecule has 0 saturated carbocycles. The first-order valence-electron chi connectivity index (χ1n) is 13.7. The van der Waals surface area contributed by atoms with Gasteiger partial charge in [-0.1, -0.05) is 110 Å². The molecule has 202 valence electrons. The molecule has 0 saturated heterocycles. The average Bonchev–Trinajstić information content (AvgIpc) is 2.75. The Morgan fingerprint density at radius 1 is 0.636 bits per heavy atom. The zero-order valence-corrected chi connectivity index (χ0v) is 22.9. The lowest BCUT2D eigenvalue weighted by Gasteiger charge is -2.03. The third-order valence-electron chi connectivity index (χ3n) is 5.59. The van der Waals surface area contributed by atoms with Gasteiger partial charge >= 0.3 is 10.4 Å². The number of ether oxygens (including phenoxy) is 1. The van der Waals surface area contributed by atoms with Crippen LogP contribution in [-0.4, -0.2) is 44.0 Å². The van der Waals surface area contributed by atoms with Crippen molar-refractivity contribution >= 4 is 10.4 Å². The van der Waals surface area contributed by atoms with Gasteiger partial charge in [-0.3, -0.25) is 4.55 Å². The predicted octanol–water partition coefficient (Wildman–Crippen LogP) is 7.64. The molecule has 0 rings (SSSR count). The maximum Gasteiger partial charge on any atom is 0.397 e. The van der Waals surface area contributed by atoms with Crippen molar-refractivity contribution in [3.8, 4) is 0 Å². The lowest BCUT2D eigenvalue weighted by atomic mass is 10.1. The van der Waals surface area contributed by atoms with Crippen molar-refractivity contribution in [1.29, 1.82) is 0 Å². The summed E-state index contributed by atoms with van der Waals surface area (Å²) in [6, 6.07) is 0. The van der Waals surface area contributed by atoms with Crippen LogP contribution in [0.5, 0.6) is 0 Å². The highest BCUT2D eigenvalue weighted by Crippen LogP contribution is 2.11. The zero-order valence-electron chi connectivity index (χ0n) is 22.1. The molecule has 0 amide bonds. The molecule has 0 aliphatic carbocycles. The van der Waals surface area contributed by atoms with Crippen LogP contribution in [0.25, 0.3) is 0 Å². The molecular formula is C26H56O6S. The van der Waals surface area contributed by atoms with Crippen LogP contribution in [0.15, 0.2) is 0 Å².